The lowest BCUT2D eigenvalue weighted by molar-refractivity contribution is -0.384. The predicted molar refractivity (Wildman–Crippen MR) is 94.4 cm³/mol. The van der Waals surface area contributed by atoms with Crippen LogP contribution in [-0.2, 0) is 6.54 Å². The van der Waals surface area contributed by atoms with Gasteiger partial charge >= 0.3 is 11.1 Å². The summed E-state index contributed by atoms with van der Waals surface area (Å²) in [5.74, 6) is 0.484. The van der Waals surface area contributed by atoms with E-state index >= 15 is 0 Å². The number of fused-ring (bicyclic) bond motifs is 1. The molecule has 1 aliphatic rings. The van der Waals surface area contributed by atoms with Crippen LogP contribution in [0.15, 0.2) is 21.7 Å². The fourth-order valence-electron chi connectivity index (χ4n) is 3.47. The zero-order chi connectivity index (χ0) is 18.0. The number of rotatable bonds is 5. The largest absolute Gasteiger partial charge is 0.316 e. The number of nitrogens with zero attached hydrogens (tertiary/aromatic N) is 1. The second-order valence-corrected chi connectivity index (χ2v) is 6.58. The Hall–Kier alpha value is -2.48. The minimum Gasteiger partial charge on any atom is -0.316 e. The molecule has 8 nitrogen and oxygen atoms in total. The molecule has 0 saturated heterocycles. The Kier molecular flexibility index (Phi) is 4.98. The van der Waals surface area contributed by atoms with E-state index < -0.39 is 16.0 Å². The first-order chi connectivity index (χ1) is 12.0. The zero-order valence-electron chi connectivity index (χ0n) is 13.8. The van der Waals surface area contributed by atoms with Gasteiger partial charge in [0.15, 0.2) is 0 Å². The number of benzene rings is 1. The quantitative estimate of drug-likeness (QED) is 0.435. The molecule has 1 heterocycles. The third-order valence-corrected chi connectivity index (χ3v) is 4.88. The molecule has 133 valence electrons. The average Bonchev–Trinajstić information content (AvgIpc) is 2.61. The van der Waals surface area contributed by atoms with Crippen LogP contribution in [0.5, 0.6) is 0 Å². The number of aromatic amines is 2. The molecule has 25 heavy (non-hydrogen) atoms. The number of H-pyrrole nitrogens is 2. The number of non-ortho nitro benzene ring substituents is 1. The summed E-state index contributed by atoms with van der Waals surface area (Å²) in [4.78, 5) is 38.7. The highest BCUT2D eigenvalue weighted by molar-refractivity contribution is 5.80. The lowest BCUT2D eigenvalue weighted by Crippen LogP contribution is -2.35. The number of aromatic nitrogens is 2. The second-order valence-electron chi connectivity index (χ2n) is 6.58. The molecule has 0 bridgehead atoms. The van der Waals surface area contributed by atoms with Crippen LogP contribution in [0.2, 0.25) is 0 Å². The molecule has 0 amide bonds. The van der Waals surface area contributed by atoms with Crippen LogP contribution in [0.25, 0.3) is 11.0 Å². The van der Waals surface area contributed by atoms with Gasteiger partial charge in [0, 0.05) is 24.7 Å². The van der Waals surface area contributed by atoms with Crippen LogP contribution < -0.4 is 16.4 Å². The molecule has 1 atom stereocenters. The van der Waals surface area contributed by atoms with Gasteiger partial charge in [-0.3, -0.25) is 19.7 Å². The Morgan fingerprint density at radius 2 is 1.88 bits per heavy atom. The molecule has 3 N–H and O–H groups in total. The number of nitrogens with one attached hydrogen (secondary N) is 3. The van der Waals surface area contributed by atoms with Crippen LogP contribution in [0, 0.1) is 23.0 Å². The van der Waals surface area contributed by atoms with Crippen LogP contribution >= 0.6 is 0 Å². The highest BCUT2D eigenvalue weighted by atomic mass is 16.6. The Balaban J connectivity index is 1.90. The molecule has 1 saturated carbocycles. The normalized spacial score (nSPS) is 16.8. The third kappa shape index (κ3) is 3.79. The molecular weight excluding hydrogens is 324 g/mol. The fraction of sp³-hybridized carbons (Fsp3) is 0.471. The molecule has 1 unspecified atom stereocenters. The van der Waals surface area contributed by atoms with E-state index in [-0.39, 0.29) is 17.2 Å². The minimum atomic E-state index is -0.829. The van der Waals surface area contributed by atoms with Gasteiger partial charge in [-0.15, -0.1) is 0 Å². The van der Waals surface area contributed by atoms with Gasteiger partial charge in [-0.05, 0) is 31.2 Å². The van der Waals surface area contributed by atoms with E-state index in [2.05, 4.69) is 22.2 Å². The number of nitro groups is 1. The van der Waals surface area contributed by atoms with Crippen molar-refractivity contribution in [1.29, 1.82) is 0 Å². The Labute approximate surface area is 143 Å². The Morgan fingerprint density at radius 3 is 2.56 bits per heavy atom. The standard InChI is InChI=1S/C17H21N4O4/c1-10(11-5-3-2-4-6-11)18-9-12-7-13(21(24)25)8-14-15(12)20-17(23)16(22)19-14/h7-8,10-11,18H,1-6,9H2,(H,19,22)(H,20,23). The van der Waals surface area contributed by atoms with Gasteiger partial charge in [-0.2, -0.15) is 0 Å². The van der Waals surface area contributed by atoms with E-state index in [0.29, 0.717) is 23.5 Å². The van der Waals surface area contributed by atoms with E-state index in [9.17, 15) is 19.7 Å². The Morgan fingerprint density at radius 1 is 1.20 bits per heavy atom. The van der Waals surface area contributed by atoms with Gasteiger partial charge in [0.1, 0.15) is 0 Å². The number of nitro benzene ring substituents is 1. The van der Waals surface area contributed by atoms with Crippen molar-refractivity contribution in [3.05, 3.63) is 55.4 Å². The minimum absolute atomic E-state index is 0.0316. The molecule has 8 heteroatoms. The summed E-state index contributed by atoms with van der Waals surface area (Å²) < 4.78 is 0. The van der Waals surface area contributed by atoms with E-state index in [1.165, 1.54) is 31.4 Å². The highest BCUT2D eigenvalue weighted by Crippen LogP contribution is 2.27. The lowest BCUT2D eigenvalue weighted by atomic mass is 9.84. The molecular formula is C17H21N4O4. The van der Waals surface area contributed by atoms with Gasteiger partial charge in [0.2, 0.25) is 0 Å². The molecule has 3 rings (SSSR count). The molecule has 1 aliphatic carbocycles. The van der Waals surface area contributed by atoms with Crippen molar-refractivity contribution in [1.82, 2.24) is 15.3 Å². The summed E-state index contributed by atoms with van der Waals surface area (Å²) in [5, 5.41) is 14.5. The molecule has 1 aromatic carbocycles. The number of hydrogen-bond donors (Lipinski definition) is 3. The van der Waals surface area contributed by atoms with E-state index in [1.807, 2.05) is 0 Å². The number of hydrogen-bond acceptors (Lipinski definition) is 5. The first-order valence-electron chi connectivity index (χ1n) is 8.46. The van der Waals surface area contributed by atoms with Crippen molar-refractivity contribution in [3.63, 3.8) is 0 Å². The average molecular weight is 345 g/mol. The summed E-state index contributed by atoms with van der Waals surface area (Å²) in [5.41, 5.74) is -0.537. The van der Waals surface area contributed by atoms with Crippen LogP contribution in [0.1, 0.15) is 37.7 Å². The topological polar surface area (TPSA) is 121 Å². The van der Waals surface area contributed by atoms with Crippen LogP contribution in [0.3, 0.4) is 0 Å². The first kappa shape index (κ1) is 17.3. The molecule has 2 aromatic rings. The zero-order valence-corrected chi connectivity index (χ0v) is 13.8. The predicted octanol–water partition coefficient (Wildman–Crippen LogP) is 2.00. The summed E-state index contributed by atoms with van der Waals surface area (Å²) in [6.45, 7) is 4.50. The van der Waals surface area contributed by atoms with Crippen molar-refractivity contribution in [2.24, 2.45) is 5.92 Å². The maximum atomic E-state index is 11.6. The van der Waals surface area contributed by atoms with E-state index in [0.717, 1.165) is 12.8 Å². The van der Waals surface area contributed by atoms with Gasteiger partial charge in [-0.1, -0.05) is 19.3 Å². The van der Waals surface area contributed by atoms with Crippen LogP contribution in [-0.4, -0.2) is 20.9 Å². The van der Waals surface area contributed by atoms with Gasteiger partial charge < -0.3 is 15.3 Å². The van der Waals surface area contributed by atoms with Crippen molar-refractivity contribution in [2.45, 2.75) is 44.7 Å². The lowest BCUT2D eigenvalue weighted by Gasteiger charge is -2.28. The van der Waals surface area contributed by atoms with Gasteiger partial charge in [-0.25, -0.2) is 0 Å². The summed E-state index contributed by atoms with van der Waals surface area (Å²) in [6, 6.07) is 2.69. The molecule has 1 fully saturated rings. The van der Waals surface area contributed by atoms with Crippen molar-refractivity contribution in [3.8, 4) is 0 Å². The van der Waals surface area contributed by atoms with Crippen molar-refractivity contribution < 1.29 is 4.92 Å². The molecule has 0 aliphatic heterocycles. The smallest absolute Gasteiger partial charge is 0.314 e. The van der Waals surface area contributed by atoms with Gasteiger partial charge in [0.05, 0.1) is 16.0 Å². The summed E-state index contributed by atoms with van der Waals surface area (Å²) in [6.07, 6.45) is 5.91. The Bertz CT molecular complexity index is 896. The maximum absolute atomic E-state index is 11.6. The van der Waals surface area contributed by atoms with Gasteiger partial charge in [0.25, 0.3) is 5.69 Å². The van der Waals surface area contributed by atoms with Crippen molar-refractivity contribution >= 4 is 16.7 Å². The van der Waals surface area contributed by atoms with E-state index in [4.69, 9.17) is 0 Å². The monoisotopic (exact) mass is 345 g/mol. The summed E-state index contributed by atoms with van der Waals surface area (Å²) in [7, 11) is 0. The third-order valence-electron chi connectivity index (χ3n) is 4.88. The molecule has 0 spiro atoms. The molecule has 1 radical (unpaired) electrons. The van der Waals surface area contributed by atoms with E-state index in [1.54, 1.807) is 0 Å². The van der Waals surface area contributed by atoms with Crippen molar-refractivity contribution in [2.75, 3.05) is 0 Å². The SMILES string of the molecule is [CH2]C(NCc1cc([N+](=O)[O-])cc2[nH]c(=O)c(=O)[nH]c12)C1CCCCC1. The maximum Gasteiger partial charge on any atom is 0.314 e. The summed E-state index contributed by atoms with van der Waals surface area (Å²) >= 11 is 0. The fourth-order valence-corrected chi connectivity index (χ4v) is 3.47. The highest BCUT2D eigenvalue weighted by Gasteiger charge is 2.20. The second kappa shape index (κ2) is 7.18. The van der Waals surface area contributed by atoms with Crippen LogP contribution in [0.4, 0.5) is 5.69 Å². The first-order valence-corrected chi connectivity index (χ1v) is 8.46. The molecule has 1 aromatic heterocycles.